The molecule has 0 radical (unpaired) electrons. The number of phenolic OH excluding ortho intramolecular Hbond substituents is 3. The van der Waals surface area contributed by atoms with Gasteiger partial charge in [0.2, 0.25) is 53.4 Å². The quantitative estimate of drug-likeness (QED) is 0.0487. The van der Waals surface area contributed by atoms with E-state index in [0.29, 0.717) is 10.6 Å². The first-order valence-corrected chi connectivity index (χ1v) is 39.2. The van der Waals surface area contributed by atoms with Gasteiger partial charge < -0.3 is 138 Å². The summed E-state index contributed by atoms with van der Waals surface area (Å²) in [5.74, 6) is -17.9. The van der Waals surface area contributed by atoms with Gasteiger partial charge in [-0.2, -0.15) is 0 Å². The van der Waals surface area contributed by atoms with Crippen LogP contribution in [0.2, 0.25) is 15.1 Å². The maximum atomic E-state index is 16.2. The average molecular weight is 1740 g/mol. The van der Waals surface area contributed by atoms with Gasteiger partial charge in [-0.05, 0) is 139 Å². The molecule has 2 saturated heterocycles. The number of aliphatic hydroxyl groups excluding tert-OH is 6. The van der Waals surface area contributed by atoms with Gasteiger partial charge in [0.25, 0.3) is 0 Å². The number of halogens is 3. The van der Waals surface area contributed by atoms with E-state index in [1.54, 1.807) is 24.3 Å². The van der Waals surface area contributed by atoms with Crippen molar-refractivity contribution in [1.29, 1.82) is 0 Å². The molecule has 19 atom stereocenters. The number of hydrogen-bond acceptors (Lipinski definition) is 27. The fourth-order valence-corrected chi connectivity index (χ4v) is 15.4. The molecule has 7 heterocycles. The number of carbonyl (C=O) groups excluding carboxylic acids is 7. The summed E-state index contributed by atoms with van der Waals surface area (Å²) < 4.78 is 45.2. The smallest absolute Gasteiger partial charge is 0.334 e. The molecule has 121 heavy (non-hydrogen) atoms. The lowest BCUT2D eigenvalue weighted by molar-refractivity contribution is -0.334. The Bertz CT molecular complexity index is 5110. The zero-order valence-corrected chi connectivity index (χ0v) is 67.3. The van der Waals surface area contributed by atoms with Gasteiger partial charge in [0, 0.05) is 46.3 Å². The Labute approximate surface area is 704 Å². The number of rotatable bonds is 21. The number of carboxylic acid groups (broad SMARTS) is 2. The van der Waals surface area contributed by atoms with E-state index in [4.69, 9.17) is 73.7 Å². The summed E-state index contributed by atoms with van der Waals surface area (Å²) in [5.41, 5.74) is 3.56. The number of primary amides is 1. The van der Waals surface area contributed by atoms with Crippen LogP contribution < -0.4 is 62.5 Å². The fourth-order valence-electron chi connectivity index (χ4n) is 14.8. The van der Waals surface area contributed by atoms with E-state index in [1.165, 1.54) is 33.0 Å². The first kappa shape index (κ1) is 89.2. The lowest BCUT2D eigenvalue weighted by Crippen LogP contribution is -2.66. The lowest BCUT2D eigenvalue weighted by Gasteiger charge is -2.48. The molecule has 14 rings (SSSR count). The Kier molecular flexibility index (Phi) is 27.7. The highest BCUT2D eigenvalue weighted by molar-refractivity contribution is 6.32. The molecule has 0 spiro atoms. The predicted octanol–water partition coefficient (Wildman–Crippen LogP) is 3.73. The number of hydrogen-bond donors (Lipinski definition) is 20. The molecule has 644 valence electrons. The number of likely N-dealkylation sites (N-methyl/N-ethyl adjacent to an activating group) is 1. The Morgan fingerprint density at radius 3 is 1.86 bits per heavy atom. The molecule has 36 nitrogen and oxygen atoms in total. The topological polar surface area (TPSA) is 563 Å². The van der Waals surface area contributed by atoms with Crippen molar-refractivity contribution in [2.75, 3.05) is 20.2 Å². The predicted molar refractivity (Wildman–Crippen MR) is 426 cm³/mol. The van der Waals surface area contributed by atoms with Gasteiger partial charge in [0.15, 0.2) is 36.0 Å². The molecule has 39 heteroatoms. The van der Waals surface area contributed by atoms with Crippen molar-refractivity contribution in [1.82, 2.24) is 42.5 Å². The van der Waals surface area contributed by atoms with Crippen LogP contribution in [0.4, 0.5) is 0 Å². The maximum Gasteiger partial charge on any atom is 0.334 e. The van der Waals surface area contributed by atoms with Gasteiger partial charge in [-0.25, -0.2) is 9.59 Å². The molecule has 0 aromatic heterocycles. The largest absolute Gasteiger partial charge is 0.508 e. The summed E-state index contributed by atoms with van der Waals surface area (Å²) in [6.45, 7) is 4.98. The van der Waals surface area contributed by atoms with Crippen molar-refractivity contribution in [3.05, 3.63) is 176 Å². The van der Waals surface area contributed by atoms with Crippen LogP contribution in [-0.4, -0.2) is 215 Å². The molecule has 0 saturated carbocycles. The summed E-state index contributed by atoms with van der Waals surface area (Å²) in [5, 5.41) is 147. The SMILES string of the molecule is CN[C@H](CC(C)C)C(=O)NC1C(=O)N[C@@H](CC(N)=O)C(=O)N[C@H]2C(=O)NC3C(=O)N[C@H](C(=O)N[C@@H](C(=O)O)c4cc(O)cc(O)c4-c4cc3ccc4O)[C@H](O)c3ccc(c(Cl)c3)Oc3cc2cc(c3OC2OC(CO)C(O)C(O)C2OC2CC(C)(NCC(OCc3ccc(-c4ccc(Cl)cc4)cc3)C(=O)O)[C@@H](O)C(C)O2)Oc2ccc(cc2Cl)[C@H]1O. The molecule has 7 aliphatic heterocycles. The van der Waals surface area contributed by atoms with E-state index >= 15 is 14.4 Å². The standard InChI is InChI=1S/C82H88Cl3N9O27/c1-33(2)20-48(87-5)73(105)93-64-66(100)39-13-18-52(46(84)22-39)117-54-24-41-25-55(70(54)121-81-71(69(103)68(102)57(31-95)119-81)120-59-29-82(4,72(104)34(3)116-59)88-30-56(79(111)112)115-32-35-6-8-36(9-7-35)37-10-15-42(83)16-11-37)118-53-19-14-40(23-47(53)85)67(101)65-78(110)92-63(80(113)114)45-26-43(96)27-51(98)60(45)44-21-38(12-17-50(44)97)61(75(107)94-65)91-76(108)62(41)90-74(106)49(28-58(86)99)89-77(64)109/h6-19,21-27,33-34,48-49,56-57,59,61-69,71-72,81,87-88,95-98,100-104H,20,28-32H2,1-5H3,(H2,86,99)(H,89,109)(H,90,106)(H,91,108)(H,92,110)(H,93,105)(H,94,107)(H,111,112)(H,113,114)/t34?,48-,49+,56?,57?,59?,61?,62-,63-,64?,65+,66-,67-,68?,69?,71?,72+,81?,82?/m1/s1. The highest BCUT2D eigenvalue weighted by atomic mass is 35.5. The molecule has 21 N–H and O–H groups in total. The van der Waals surface area contributed by atoms with Crippen molar-refractivity contribution >= 4 is 88.1 Å². The number of nitrogens with one attached hydrogen (secondary N) is 8. The third-order valence-corrected chi connectivity index (χ3v) is 22.1. The van der Waals surface area contributed by atoms with E-state index in [9.17, 15) is 84.9 Å². The van der Waals surface area contributed by atoms with E-state index in [-0.39, 0.29) is 47.8 Å². The molecule has 7 aliphatic rings. The number of aliphatic hydroxyl groups is 6. The van der Waals surface area contributed by atoms with E-state index in [1.807, 2.05) is 38.1 Å². The summed E-state index contributed by atoms with van der Waals surface area (Å²) in [4.78, 5) is 131. The zero-order valence-electron chi connectivity index (χ0n) is 65.0. The van der Waals surface area contributed by atoms with Crippen LogP contribution in [0.15, 0.2) is 127 Å². The Morgan fingerprint density at radius 2 is 1.26 bits per heavy atom. The molecule has 7 aromatic carbocycles. The van der Waals surface area contributed by atoms with Crippen molar-refractivity contribution in [3.63, 3.8) is 0 Å². The van der Waals surface area contributed by atoms with E-state index in [0.717, 1.165) is 77.9 Å². The number of benzene rings is 7. The molecular formula is C82H88Cl3N9O27. The number of carbonyl (C=O) groups is 9. The Balaban J connectivity index is 1.01. The highest BCUT2D eigenvalue weighted by Gasteiger charge is 2.53. The molecule has 7 aromatic rings. The lowest BCUT2D eigenvalue weighted by atomic mass is 9.84. The Morgan fingerprint density at radius 1 is 0.661 bits per heavy atom. The van der Waals surface area contributed by atoms with Gasteiger partial charge in [0.1, 0.15) is 89.5 Å². The van der Waals surface area contributed by atoms with Gasteiger partial charge >= 0.3 is 11.9 Å². The number of ether oxygens (including phenoxy) is 7. The molecule has 2 fully saturated rings. The van der Waals surface area contributed by atoms with Gasteiger partial charge in [-0.3, -0.25) is 33.6 Å². The number of aliphatic carboxylic acids is 2. The minimum absolute atomic E-state index is 0.124. The first-order valence-electron chi connectivity index (χ1n) is 38.0. The monoisotopic (exact) mass is 1740 g/mol. The highest BCUT2D eigenvalue weighted by Crippen LogP contribution is 2.50. The molecule has 7 amide bonds. The average Bonchev–Trinajstić information content (AvgIpc) is 0.766. The van der Waals surface area contributed by atoms with Crippen LogP contribution in [-0.2, 0) is 68.7 Å². The van der Waals surface area contributed by atoms with Crippen LogP contribution in [0.1, 0.15) is 111 Å². The summed E-state index contributed by atoms with van der Waals surface area (Å²) in [6, 6.07) is 13.2. The Hall–Kier alpha value is -11.0. The number of phenols is 3. The van der Waals surface area contributed by atoms with E-state index < -0.39 is 261 Å². The van der Waals surface area contributed by atoms with E-state index in [2.05, 4.69) is 42.5 Å². The third kappa shape index (κ3) is 20.0. The van der Waals surface area contributed by atoms with Crippen LogP contribution in [0.25, 0.3) is 22.3 Å². The van der Waals surface area contributed by atoms with Crippen molar-refractivity contribution in [3.8, 4) is 68.2 Å². The second kappa shape index (κ2) is 37.5. The number of aromatic hydroxyl groups is 3. The molecule has 11 bridgehead atoms. The van der Waals surface area contributed by atoms with Crippen LogP contribution in [0.5, 0.6) is 46.0 Å². The number of fused-ring (bicyclic) bond motifs is 15. The van der Waals surface area contributed by atoms with Crippen LogP contribution in [0, 0.1) is 5.92 Å². The minimum Gasteiger partial charge on any atom is -0.508 e. The second-order valence-corrected chi connectivity index (χ2v) is 31.6. The maximum absolute atomic E-state index is 16.2. The molecule has 11 unspecified atom stereocenters. The van der Waals surface area contributed by atoms with Gasteiger partial charge in [-0.1, -0.05) is 103 Å². The van der Waals surface area contributed by atoms with Crippen LogP contribution >= 0.6 is 34.8 Å². The third-order valence-electron chi connectivity index (χ3n) is 21.3. The normalized spacial score (nSPS) is 26.7. The molecule has 0 aliphatic carbocycles. The first-order chi connectivity index (χ1) is 57.4. The minimum atomic E-state index is -2.40. The number of nitrogens with two attached hydrogens (primary N) is 1. The number of amides is 7. The molecular weight excluding hydrogens is 1650 g/mol. The summed E-state index contributed by atoms with van der Waals surface area (Å²) >= 11 is 20.4. The summed E-state index contributed by atoms with van der Waals surface area (Å²) in [6.07, 6.45) is -21.5. The van der Waals surface area contributed by atoms with Crippen LogP contribution in [0.3, 0.4) is 0 Å². The second-order valence-electron chi connectivity index (χ2n) is 30.3. The number of carboxylic acids is 2. The fraction of sp³-hybridized carbons (Fsp3) is 0.378. The van der Waals surface area contributed by atoms with Gasteiger partial charge in [-0.15, -0.1) is 0 Å². The van der Waals surface area contributed by atoms with Crippen molar-refractivity contribution < 1.29 is 132 Å². The summed E-state index contributed by atoms with van der Waals surface area (Å²) in [7, 11) is 1.46. The van der Waals surface area contributed by atoms with Gasteiger partial charge in [0.05, 0.1) is 47.9 Å². The zero-order chi connectivity index (χ0) is 87.5. The van der Waals surface area contributed by atoms with Crippen molar-refractivity contribution in [2.24, 2.45) is 11.7 Å². The van der Waals surface area contributed by atoms with Crippen molar-refractivity contribution in [2.45, 2.75) is 169 Å².